The molecule has 0 aromatic heterocycles. The van der Waals surface area contributed by atoms with Crippen molar-refractivity contribution in [3.05, 3.63) is 11.6 Å². The second-order valence-corrected chi connectivity index (χ2v) is 5.67. The molecule has 0 spiro atoms. The Labute approximate surface area is 115 Å². The van der Waals surface area contributed by atoms with Gasteiger partial charge in [0.05, 0.1) is 13.7 Å². The monoisotopic (exact) mass is 267 g/mol. The first-order valence-electron chi connectivity index (χ1n) is 7.21. The number of ether oxygens (including phenoxy) is 2. The van der Waals surface area contributed by atoms with Crippen molar-refractivity contribution in [1.82, 2.24) is 4.90 Å². The Morgan fingerprint density at radius 1 is 1.58 bits per heavy atom. The van der Waals surface area contributed by atoms with Crippen molar-refractivity contribution in [3.8, 4) is 0 Å². The summed E-state index contributed by atoms with van der Waals surface area (Å²) in [6.45, 7) is 7.78. The number of nitrogens with zero attached hydrogens (tertiary/aromatic N) is 1. The van der Waals surface area contributed by atoms with Crippen LogP contribution in [0.2, 0.25) is 0 Å². The van der Waals surface area contributed by atoms with E-state index in [2.05, 4.69) is 31.7 Å². The molecule has 0 aromatic rings. The molecule has 1 heterocycles. The van der Waals surface area contributed by atoms with Gasteiger partial charge >= 0.3 is 5.97 Å². The first kappa shape index (κ1) is 14.5. The number of methoxy groups -OCH3 is 1. The number of hydrogen-bond acceptors (Lipinski definition) is 4. The van der Waals surface area contributed by atoms with Gasteiger partial charge in [-0.05, 0) is 32.2 Å². The maximum absolute atomic E-state index is 11.8. The number of allylic oxidation sites excluding steroid dienone is 2. The van der Waals surface area contributed by atoms with E-state index in [0.29, 0.717) is 18.4 Å². The first-order chi connectivity index (χ1) is 9.08. The van der Waals surface area contributed by atoms with Crippen LogP contribution in [-0.2, 0) is 14.3 Å². The van der Waals surface area contributed by atoms with E-state index in [1.807, 2.05) is 0 Å². The predicted molar refractivity (Wildman–Crippen MR) is 73.6 cm³/mol. The summed E-state index contributed by atoms with van der Waals surface area (Å²) in [5.41, 5.74) is 1.47. The standard InChI is InChI=1S/C15H25NO3/c1-5-16-13(15(17)18-4)9-19-14(16)12-7-6-10(2)8-11(12)3/h8,11-14H,5-7,9H2,1-4H3. The molecular weight excluding hydrogens is 242 g/mol. The van der Waals surface area contributed by atoms with Crippen LogP contribution in [0, 0.1) is 11.8 Å². The lowest BCUT2D eigenvalue weighted by molar-refractivity contribution is -0.146. The third-order valence-corrected chi connectivity index (χ3v) is 4.45. The molecule has 1 saturated heterocycles. The molecule has 1 aliphatic carbocycles. The molecule has 19 heavy (non-hydrogen) atoms. The molecule has 0 saturated carbocycles. The van der Waals surface area contributed by atoms with E-state index in [1.54, 1.807) is 0 Å². The Morgan fingerprint density at radius 3 is 2.89 bits per heavy atom. The minimum atomic E-state index is -0.237. The van der Waals surface area contributed by atoms with Gasteiger partial charge in [0.15, 0.2) is 0 Å². The molecule has 4 unspecified atom stereocenters. The summed E-state index contributed by atoms with van der Waals surface area (Å²) in [7, 11) is 1.44. The second-order valence-electron chi connectivity index (χ2n) is 5.67. The zero-order valence-electron chi connectivity index (χ0n) is 12.4. The van der Waals surface area contributed by atoms with Gasteiger partial charge in [-0.2, -0.15) is 0 Å². The molecule has 0 bridgehead atoms. The van der Waals surface area contributed by atoms with Crippen LogP contribution in [0.3, 0.4) is 0 Å². The molecule has 4 nitrogen and oxygen atoms in total. The minimum absolute atomic E-state index is 0.0495. The van der Waals surface area contributed by atoms with Crippen molar-refractivity contribution >= 4 is 5.97 Å². The Morgan fingerprint density at radius 2 is 2.32 bits per heavy atom. The molecule has 0 N–H and O–H groups in total. The molecule has 0 amide bonds. The molecule has 4 atom stereocenters. The van der Waals surface area contributed by atoms with E-state index in [1.165, 1.54) is 12.7 Å². The van der Waals surface area contributed by atoms with Gasteiger partial charge < -0.3 is 9.47 Å². The molecule has 2 rings (SSSR count). The Balaban J connectivity index is 2.11. The van der Waals surface area contributed by atoms with Crippen LogP contribution >= 0.6 is 0 Å². The maximum atomic E-state index is 11.8. The van der Waals surface area contributed by atoms with Gasteiger partial charge in [-0.1, -0.05) is 25.5 Å². The molecule has 2 aliphatic rings. The molecule has 108 valence electrons. The quantitative estimate of drug-likeness (QED) is 0.580. The van der Waals surface area contributed by atoms with E-state index < -0.39 is 0 Å². The Hall–Kier alpha value is -0.870. The third-order valence-electron chi connectivity index (χ3n) is 4.45. The van der Waals surface area contributed by atoms with Crippen LogP contribution in [-0.4, -0.2) is 43.4 Å². The van der Waals surface area contributed by atoms with Gasteiger partial charge in [-0.25, -0.2) is 0 Å². The summed E-state index contributed by atoms with van der Waals surface area (Å²) in [6, 6.07) is -0.237. The largest absolute Gasteiger partial charge is 0.468 e. The zero-order chi connectivity index (χ0) is 14.0. The summed E-state index contributed by atoms with van der Waals surface area (Å²) in [4.78, 5) is 13.9. The number of carbonyl (C=O) groups is 1. The molecule has 0 aromatic carbocycles. The summed E-state index contributed by atoms with van der Waals surface area (Å²) in [5.74, 6) is 0.794. The number of rotatable bonds is 3. The fourth-order valence-electron chi connectivity index (χ4n) is 3.38. The fourth-order valence-corrected chi connectivity index (χ4v) is 3.38. The molecule has 0 radical (unpaired) electrons. The summed E-state index contributed by atoms with van der Waals surface area (Å²) in [6.07, 6.45) is 4.67. The van der Waals surface area contributed by atoms with Crippen molar-refractivity contribution in [2.45, 2.75) is 45.9 Å². The molecule has 1 aliphatic heterocycles. The van der Waals surface area contributed by atoms with Crippen LogP contribution in [0.15, 0.2) is 11.6 Å². The summed E-state index contributed by atoms with van der Waals surface area (Å²) < 4.78 is 10.8. The van der Waals surface area contributed by atoms with Gasteiger partial charge in [0.25, 0.3) is 0 Å². The van der Waals surface area contributed by atoms with Crippen LogP contribution in [0.4, 0.5) is 0 Å². The van der Waals surface area contributed by atoms with Crippen LogP contribution in [0.25, 0.3) is 0 Å². The number of esters is 1. The average molecular weight is 267 g/mol. The van der Waals surface area contributed by atoms with E-state index in [4.69, 9.17) is 9.47 Å². The molecule has 1 fully saturated rings. The lowest BCUT2D eigenvalue weighted by Crippen LogP contribution is -2.46. The predicted octanol–water partition coefficient (Wildman–Crippen LogP) is 2.20. The summed E-state index contributed by atoms with van der Waals surface area (Å²) >= 11 is 0. The topological polar surface area (TPSA) is 38.8 Å². The smallest absolute Gasteiger partial charge is 0.325 e. The van der Waals surface area contributed by atoms with Crippen LogP contribution < -0.4 is 0 Å². The third kappa shape index (κ3) is 2.84. The highest BCUT2D eigenvalue weighted by Gasteiger charge is 2.43. The van der Waals surface area contributed by atoms with Crippen molar-refractivity contribution in [3.63, 3.8) is 0 Å². The highest BCUT2D eigenvalue weighted by Crippen LogP contribution is 2.36. The van der Waals surface area contributed by atoms with Gasteiger partial charge in [-0.3, -0.25) is 9.69 Å². The van der Waals surface area contributed by atoms with Crippen molar-refractivity contribution < 1.29 is 14.3 Å². The van der Waals surface area contributed by atoms with Crippen molar-refractivity contribution in [1.29, 1.82) is 0 Å². The normalized spacial score (nSPS) is 36.1. The second kappa shape index (κ2) is 6.06. The lowest BCUT2D eigenvalue weighted by Gasteiger charge is -2.36. The number of hydrogen-bond donors (Lipinski definition) is 0. The highest BCUT2D eigenvalue weighted by atomic mass is 16.5. The fraction of sp³-hybridized carbons (Fsp3) is 0.800. The van der Waals surface area contributed by atoms with Gasteiger partial charge in [0.2, 0.25) is 0 Å². The number of likely N-dealkylation sites (N-methyl/N-ethyl adjacent to an activating group) is 1. The zero-order valence-corrected chi connectivity index (χ0v) is 12.4. The molecule has 4 heteroatoms. The maximum Gasteiger partial charge on any atom is 0.325 e. The van der Waals surface area contributed by atoms with Crippen LogP contribution in [0.1, 0.15) is 33.6 Å². The average Bonchev–Trinajstić information content (AvgIpc) is 2.81. The highest BCUT2D eigenvalue weighted by molar-refractivity contribution is 5.76. The minimum Gasteiger partial charge on any atom is -0.468 e. The van der Waals surface area contributed by atoms with E-state index in [0.717, 1.165) is 19.4 Å². The Bertz CT molecular complexity index is 366. The molecular formula is C15H25NO3. The van der Waals surface area contributed by atoms with Crippen molar-refractivity contribution in [2.75, 3.05) is 20.3 Å². The Kier molecular flexibility index (Phi) is 4.63. The lowest BCUT2D eigenvalue weighted by atomic mass is 9.80. The van der Waals surface area contributed by atoms with Gasteiger partial charge in [-0.15, -0.1) is 0 Å². The van der Waals surface area contributed by atoms with Crippen LogP contribution in [0.5, 0.6) is 0 Å². The van der Waals surface area contributed by atoms with E-state index in [-0.39, 0.29) is 18.2 Å². The van der Waals surface area contributed by atoms with E-state index >= 15 is 0 Å². The van der Waals surface area contributed by atoms with Gasteiger partial charge in [0, 0.05) is 5.92 Å². The SMILES string of the molecule is CCN1C(C(=O)OC)COC1C1CCC(C)=CC1C. The van der Waals surface area contributed by atoms with Gasteiger partial charge in [0.1, 0.15) is 12.3 Å². The number of carbonyl (C=O) groups excluding carboxylic acids is 1. The first-order valence-corrected chi connectivity index (χ1v) is 7.21. The van der Waals surface area contributed by atoms with E-state index in [9.17, 15) is 4.79 Å². The summed E-state index contributed by atoms with van der Waals surface area (Å²) in [5, 5.41) is 0. The van der Waals surface area contributed by atoms with Crippen molar-refractivity contribution in [2.24, 2.45) is 11.8 Å².